The molecule has 2 rings (SSSR count). The number of benzene rings is 1. The lowest BCUT2D eigenvalue weighted by Gasteiger charge is -2.12. The third kappa shape index (κ3) is 2.03. The van der Waals surface area contributed by atoms with Crippen LogP contribution in [0.25, 0.3) is 0 Å². The van der Waals surface area contributed by atoms with Crippen LogP contribution in [0.15, 0.2) is 18.2 Å². The predicted octanol–water partition coefficient (Wildman–Crippen LogP) is 1.06. The van der Waals surface area contributed by atoms with E-state index >= 15 is 0 Å². The van der Waals surface area contributed by atoms with Gasteiger partial charge in [-0.15, -0.1) is 0 Å². The molecule has 1 aromatic carbocycles. The van der Waals surface area contributed by atoms with Crippen LogP contribution in [-0.2, 0) is 0 Å². The molecule has 0 aromatic heterocycles. The molecule has 0 bridgehead atoms. The van der Waals surface area contributed by atoms with Gasteiger partial charge in [0.1, 0.15) is 11.5 Å². The summed E-state index contributed by atoms with van der Waals surface area (Å²) in [4.78, 5) is 11.1. The second-order valence-corrected chi connectivity index (χ2v) is 3.55. The number of hydrogen-bond donors (Lipinski definition) is 2. The van der Waals surface area contributed by atoms with Crippen molar-refractivity contribution in [2.75, 3.05) is 20.8 Å². The lowest BCUT2D eigenvalue weighted by molar-refractivity contribution is 0.247. The number of methoxy groups -OCH3 is 2. The van der Waals surface area contributed by atoms with Crippen molar-refractivity contribution in [2.24, 2.45) is 0 Å². The number of amides is 2. The highest BCUT2D eigenvalue weighted by Gasteiger charge is 2.22. The first-order chi connectivity index (χ1) is 7.72. The molecule has 0 spiro atoms. The van der Waals surface area contributed by atoms with Gasteiger partial charge in [-0.1, -0.05) is 0 Å². The van der Waals surface area contributed by atoms with Crippen LogP contribution in [0.4, 0.5) is 4.79 Å². The molecule has 1 aromatic rings. The van der Waals surface area contributed by atoms with Gasteiger partial charge >= 0.3 is 6.03 Å². The summed E-state index contributed by atoms with van der Waals surface area (Å²) in [6.45, 7) is 0.579. The standard InChI is InChI=1S/C11H14N2O3/c1-15-8-3-7(4-9(5-8)16-2)10-6-12-11(14)13-10/h3-5,10H,6H2,1-2H3,(H2,12,13,14)/t10-/m1/s1. The van der Waals surface area contributed by atoms with Crippen molar-refractivity contribution in [3.8, 4) is 11.5 Å². The summed E-state index contributed by atoms with van der Waals surface area (Å²) in [7, 11) is 3.20. The Morgan fingerprint density at radius 2 is 1.81 bits per heavy atom. The van der Waals surface area contributed by atoms with Crippen LogP contribution in [0.2, 0.25) is 0 Å². The topological polar surface area (TPSA) is 59.6 Å². The molecule has 5 heteroatoms. The van der Waals surface area contributed by atoms with Gasteiger partial charge in [0.15, 0.2) is 0 Å². The second-order valence-electron chi connectivity index (χ2n) is 3.55. The molecule has 0 aliphatic carbocycles. The molecule has 1 fully saturated rings. The number of carbonyl (C=O) groups is 1. The van der Waals surface area contributed by atoms with E-state index in [0.29, 0.717) is 6.54 Å². The lowest BCUT2D eigenvalue weighted by Crippen LogP contribution is -2.21. The van der Waals surface area contributed by atoms with Gasteiger partial charge in [0.25, 0.3) is 0 Å². The number of ether oxygens (including phenoxy) is 2. The second kappa shape index (κ2) is 4.30. The third-order valence-corrected chi connectivity index (χ3v) is 2.55. The monoisotopic (exact) mass is 222 g/mol. The average Bonchev–Trinajstić information content (AvgIpc) is 2.75. The van der Waals surface area contributed by atoms with E-state index in [0.717, 1.165) is 17.1 Å². The Kier molecular flexibility index (Phi) is 2.85. The maximum absolute atomic E-state index is 11.1. The molecule has 0 saturated carbocycles. The van der Waals surface area contributed by atoms with E-state index in [2.05, 4.69) is 10.6 Å². The van der Waals surface area contributed by atoms with E-state index in [1.54, 1.807) is 20.3 Å². The molecule has 1 aliphatic rings. The fourth-order valence-electron chi connectivity index (χ4n) is 1.69. The van der Waals surface area contributed by atoms with Gasteiger partial charge in [0, 0.05) is 12.6 Å². The van der Waals surface area contributed by atoms with Crippen molar-refractivity contribution < 1.29 is 14.3 Å². The molecule has 1 heterocycles. The zero-order valence-corrected chi connectivity index (χ0v) is 9.24. The van der Waals surface area contributed by atoms with Gasteiger partial charge in [0.05, 0.1) is 20.3 Å². The zero-order valence-electron chi connectivity index (χ0n) is 9.24. The molecular formula is C11H14N2O3. The maximum Gasteiger partial charge on any atom is 0.315 e. The number of nitrogens with one attached hydrogen (secondary N) is 2. The quantitative estimate of drug-likeness (QED) is 0.803. The van der Waals surface area contributed by atoms with Crippen LogP contribution in [-0.4, -0.2) is 26.8 Å². The molecule has 1 atom stereocenters. The third-order valence-electron chi connectivity index (χ3n) is 2.55. The van der Waals surface area contributed by atoms with Crippen LogP contribution < -0.4 is 20.1 Å². The van der Waals surface area contributed by atoms with Crippen molar-refractivity contribution in [3.63, 3.8) is 0 Å². The van der Waals surface area contributed by atoms with Gasteiger partial charge < -0.3 is 20.1 Å². The fraction of sp³-hybridized carbons (Fsp3) is 0.364. The Bertz CT molecular complexity index is 384. The van der Waals surface area contributed by atoms with Gasteiger partial charge in [-0.3, -0.25) is 0 Å². The summed E-state index contributed by atoms with van der Waals surface area (Å²) in [5, 5.41) is 5.52. The molecule has 16 heavy (non-hydrogen) atoms. The van der Waals surface area contributed by atoms with Gasteiger partial charge in [-0.05, 0) is 17.7 Å². The SMILES string of the molecule is COc1cc(OC)cc([C@H]2CNC(=O)N2)c1. The first-order valence-electron chi connectivity index (χ1n) is 5.00. The summed E-state index contributed by atoms with van der Waals surface area (Å²) < 4.78 is 10.3. The van der Waals surface area contributed by atoms with E-state index in [9.17, 15) is 4.79 Å². The largest absolute Gasteiger partial charge is 0.497 e. The van der Waals surface area contributed by atoms with Crippen LogP contribution in [0.1, 0.15) is 11.6 Å². The number of rotatable bonds is 3. The molecule has 86 valence electrons. The Morgan fingerprint density at radius 3 is 2.25 bits per heavy atom. The molecule has 1 saturated heterocycles. The minimum atomic E-state index is -0.146. The van der Waals surface area contributed by atoms with E-state index in [-0.39, 0.29) is 12.1 Å². The smallest absolute Gasteiger partial charge is 0.315 e. The number of carbonyl (C=O) groups excluding carboxylic acids is 1. The highest BCUT2D eigenvalue weighted by atomic mass is 16.5. The van der Waals surface area contributed by atoms with E-state index < -0.39 is 0 Å². The molecule has 5 nitrogen and oxygen atoms in total. The highest BCUT2D eigenvalue weighted by Crippen LogP contribution is 2.27. The molecule has 1 aliphatic heterocycles. The Hall–Kier alpha value is -1.91. The predicted molar refractivity (Wildman–Crippen MR) is 58.8 cm³/mol. The van der Waals surface area contributed by atoms with Crippen molar-refractivity contribution in [3.05, 3.63) is 23.8 Å². The Balaban J connectivity index is 2.29. The molecule has 0 unspecified atom stereocenters. The van der Waals surface area contributed by atoms with Crippen LogP contribution in [0, 0.1) is 0 Å². The molecule has 0 radical (unpaired) electrons. The van der Waals surface area contributed by atoms with Gasteiger partial charge in [-0.25, -0.2) is 4.79 Å². The van der Waals surface area contributed by atoms with Gasteiger partial charge in [-0.2, -0.15) is 0 Å². The van der Waals surface area contributed by atoms with Crippen LogP contribution in [0.5, 0.6) is 11.5 Å². The minimum absolute atomic E-state index is 0.0310. The average molecular weight is 222 g/mol. The van der Waals surface area contributed by atoms with Crippen molar-refractivity contribution in [1.82, 2.24) is 10.6 Å². The Labute approximate surface area is 93.7 Å². The number of urea groups is 1. The van der Waals surface area contributed by atoms with E-state index in [1.807, 2.05) is 12.1 Å². The maximum atomic E-state index is 11.1. The van der Waals surface area contributed by atoms with E-state index in [4.69, 9.17) is 9.47 Å². The fourth-order valence-corrected chi connectivity index (χ4v) is 1.69. The van der Waals surface area contributed by atoms with Crippen molar-refractivity contribution >= 4 is 6.03 Å². The van der Waals surface area contributed by atoms with Crippen LogP contribution >= 0.6 is 0 Å². The zero-order chi connectivity index (χ0) is 11.5. The summed E-state index contributed by atoms with van der Waals surface area (Å²) in [6, 6.07) is 5.40. The minimum Gasteiger partial charge on any atom is -0.497 e. The Morgan fingerprint density at radius 1 is 1.19 bits per heavy atom. The highest BCUT2D eigenvalue weighted by molar-refractivity contribution is 5.77. The van der Waals surface area contributed by atoms with Crippen LogP contribution in [0.3, 0.4) is 0 Å². The van der Waals surface area contributed by atoms with Crippen molar-refractivity contribution in [1.29, 1.82) is 0 Å². The van der Waals surface area contributed by atoms with Gasteiger partial charge in [0.2, 0.25) is 0 Å². The summed E-state index contributed by atoms with van der Waals surface area (Å²) in [6.07, 6.45) is 0. The summed E-state index contributed by atoms with van der Waals surface area (Å²) in [5.74, 6) is 1.44. The first-order valence-corrected chi connectivity index (χ1v) is 5.00. The lowest BCUT2D eigenvalue weighted by atomic mass is 10.1. The molecular weight excluding hydrogens is 208 g/mol. The molecule has 2 amide bonds. The number of hydrogen-bond acceptors (Lipinski definition) is 3. The summed E-state index contributed by atoms with van der Waals surface area (Å²) in [5.41, 5.74) is 0.967. The first kappa shape index (κ1) is 10.6. The van der Waals surface area contributed by atoms with Crippen molar-refractivity contribution in [2.45, 2.75) is 6.04 Å². The van der Waals surface area contributed by atoms with E-state index in [1.165, 1.54) is 0 Å². The molecule has 2 N–H and O–H groups in total. The normalized spacial score (nSPS) is 18.9. The summed E-state index contributed by atoms with van der Waals surface area (Å²) >= 11 is 0.